The van der Waals surface area contributed by atoms with Crippen molar-refractivity contribution in [3.05, 3.63) is 65.6 Å². The molecule has 26 heavy (non-hydrogen) atoms. The van der Waals surface area contributed by atoms with Crippen LogP contribution in [0.1, 0.15) is 21.5 Å². The number of Topliss-reactive ketones (excluding diaryl/α,β-unsaturated/α-hetero) is 1. The highest BCUT2D eigenvalue weighted by Gasteiger charge is 2.20. The summed E-state index contributed by atoms with van der Waals surface area (Å²) < 4.78 is 7.32. The Morgan fingerprint density at radius 1 is 1.15 bits per heavy atom. The first-order chi connectivity index (χ1) is 12.5. The molecule has 0 aliphatic heterocycles. The number of carbonyl (C=O) groups is 2. The maximum absolute atomic E-state index is 12.3. The summed E-state index contributed by atoms with van der Waals surface area (Å²) in [6, 6.07) is 8.96. The third-order valence-electron chi connectivity index (χ3n) is 3.95. The molecule has 0 saturated heterocycles. The number of carbonyl (C=O) groups excluding carboxylic acids is 2. The van der Waals surface area contributed by atoms with Crippen LogP contribution in [-0.4, -0.2) is 26.5 Å². The number of pyridine rings is 1. The number of anilines is 1. The highest BCUT2D eigenvalue weighted by atomic mass is 16.5. The largest absolute Gasteiger partial charge is 0.437 e. The molecule has 132 valence electrons. The SMILES string of the molecule is Cc1cccc(Oc2ncccc2NC(=O)C(=O)c2cnn(C)c2)c1C. The van der Waals surface area contributed by atoms with Gasteiger partial charge in [0.15, 0.2) is 0 Å². The molecule has 2 heterocycles. The summed E-state index contributed by atoms with van der Waals surface area (Å²) in [5.41, 5.74) is 2.58. The third kappa shape index (κ3) is 3.61. The van der Waals surface area contributed by atoms with Crippen LogP contribution in [0, 0.1) is 13.8 Å². The van der Waals surface area contributed by atoms with Gasteiger partial charge >= 0.3 is 0 Å². The van der Waals surface area contributed by atoms with Crippen molar-refractivity contribution >= 4 is 17.4 Å². The second-order valence-corrected chi connectivity index (χ2v) is 5.84. The Morgan fingerprint density at radius 2 is 1.96 bits per heavy atom. The van der Waals surface area contributed by atoms with Gasteiger partial charge in [-0.1, -0.05) is 12.1 Å². The Kier molecular flexibility index (Phi) is 4.79. The number of benzene rings is 1. The van der Waals surface area contributed by atoms with Crippen molar-refractivity contribution in [1.82, 2.24) is 14.8 Å². The predicted molar refractivity (Wildman–Crippen MR) is 96.4 cm³/mol. The Balaban J connectivity index is 1.82. The first-order valence-electron chi connectivity index (χ1n) is 7.99. The average molecular weight is 350 g/mol. The van der Waals surface area contributed by atoms with Crippen molar-refractivity contribution in [2.75, 3.05) is 5.32 Å². The minimum atomic E-state index is -0.781. The van der Waals surface area contributed by atoms with Gasteiger partial charge in [-0.15, -0.1) is 0 Å². The number of nitrogens with one attached hydrogen (secondary N) is 1. The van der Waals surface area contributed by atoms with Crippen molar-refractivity contribution in [3.8, 4) is 11.6 Å². The minimum Gasteiger partial charge on any atom is -0.437 e. The molecule has 0 unspecified atom stereocenters. The summed E-state index contributed by atoms with van der Waals surface area (Å²) in [7, 11) is 1.67. The van der Waals surface area contributed by atoms with Crippen molar-refractivity contribution in [1.29, 1.82) is 0 Å². The Morgan fingerprint density at radius 3 is 2.69 bits per heavy atom. The first kappa shape index (κ1) is 17.3. The van der Waals surface area contributed by atoms with Crippen molar-refractivity contribution < 1.29 is 14.3 Å². The number of hydrogen-bond donors (Lipinski definition) is 1. The predicted octanol–water partition coefficient (Wildman–Crippen LogP) is 3.05. The second kappa shape index (κ2) is 7.18. The van der Waals surface area contributed by atoms with E-state index in [1.165, 1.54) is 17.1 Å². The number of ether oxygens (including phenoxy) is 1. The van der Waals surface area contributed by atoms with Gasteiger partial charge in [0.25, 0.3) is 11.7 Å². The summed E-state index contributed by atoms with van der Waals surface area (Å²) >= 11 is 0. The third-order valence-corrected chi connectivity index (χ3v) is 3.95. The number of hydrogen-bond acceptors (Lipinski definition) is 5. The van der Waals surface area contributed by atoms with Gasteiger partial charge < -0.3 is 10.1 Å². The van der Waals surface area contributed by atoms with E-state index in [0.717, 1.165) is 11.1 Å². The molecule has 0 fully saturated rings. The first-order valence-corrected chi connectivity index (χ1v) is 7.99. The Labute approximate surface area is 150 Å². The maximum Gasteiger partial charge on any atom is 0.297 e. The molecule has 7 heteroatoms. The molecule has 0 aliphatic rings. The topological polar surface area (TPSA) is 86.1 Å². The van der Waals surface area contributed by atoms with Crippen LogP contribution in [0.2, 0.25) is 0 Å². The highest BCUT2D eigenvalue weighted by Crippen LogP contribution is 2.30. The van der Waals surface area contributed by atoms with Crippen LogP contribution in [0.4, 0.5) is 5.69 Å². The fraction of sp³-hybridized carbons (Fsp3) is 0.158. The van der Waals surface area contributed by atoms with Gasteiger partial charge in [0.05, 0.1) is 11.8 Å². The van der Waals surface area contributed by atoms with Crippen LogP contribution in [0.3, 0.4) is 0 Å². The van der Waals surface area contributed by atoms with Gasteiger partial charge in [0.1, 0.15) is 11.4 Å². The molecule has 3 aromatic rings. The lowest BCUT2D eigenvalue weighted by Crippen LogP contribution is -2.23. The number of ketones is 1. The Bertz CT molecular complexity index is 978. The van der Waals surface area contributed by atoms with Crippen molar-refractivity contribution in [2.24, 2.45) is 7.05 Å². The summed E-state index contributed by atoms with van der Waals surface area (Å²) in [4.78, 5) is 28.6. The number of aromatic nitrogens is 3. The number of rotatable bonds is 5. The van der Waals surface area contributed by atoms with Gasteiger partial charge in [-0.2, -0.15) is 5.10 Å². The quantitative estimate of drug-likeness (QED) is 0.564. The number of amides is 1. The lowest BCUT2D eigenvalue weighted by atomic mass is 10.1. The van der Waals surface area contributed by atoms with E-state index in [4.69, 9.17) is 4.74 Å². The summed E-state index contributed by atoms with van der Waals surface area (Å²) in [5, 5.41) is 6.46. The summed E-state index contributed by atoms with van der Waals surface area (Å²) in [6.45, 7) is 3.92. The van der Waals surface area contributed by atoms with E-state index in [-0.39, 0.29) is 11.4 Å². The molecule has 0 saturated carbocycles. The monoisotopic (exact) mass is 350 g/mol. The molecule has 0 bridgehead atoms. The molecule has 1 amide bonds. The smallest absolute Gasteiger partial charge is 0.297 e. The van der Waals surface area contributed by atoms with Gasteiger partial charge in [0, 0.05) is 19.4 Å². The van der Waals surface area contributed by atoms with E-state index in [2.05, 4.69) is 15.4 Å². The fourth-order valence-electron chi connectivity index (χ4n) is 2.35. The van der Waals surface area contributed by atoms with Gasteiger partial charge in [-0.3, -0.25) is 14.3 Å². The van der Waals surface area contributed by atoms with Crippen molar-refractivity contribution in [3.63, 3.8) is 0 Å². The normalized spacial score (nSPS) is 10.4. The summed E-state index contributed by atoms with van der Waals surface area (Å²) in [5.74, 6) is -0.609. The molecule has 0 radical (unpaired) electrons. The van der Waals surface area contributed by atoms with E-state index < -0.39 is 11.7 Å². The molecule has 1 N–H and O–H groups in total. The Hall–Kier alpha value is -3.48. The van der Waals surface area contributed by atoms with Crippen LogP contribution < -0.4 is 10.1 Å². The zero-order valence-electron chi connectivity index (χ0n) is 14.7. The molecule has 7 nitrogen and oxygen atoms in total. The van der Waals surface area contributed by atoms with E-state index in [0.29, 0.717) is 11.4 Å². The van der Waals surface area contributed by atoms with E-state index in [9.17, 15) is 9.59 Å². The van der Waals surface area contributed by atoms with E-state index >= 15 is 0 Å². The van der Waals surface area contributed by atoms with Crippen LogP contribution in [0.25, 0.3) is 0 Å². The minimum absolute atomic E-state index is 0.214. The number of aryl methyl sites for hydroxylation is 2. The van der Waals surface area contributed by atoms with E-state index in [1.54, 1.807) is 25.4 Å². The lowest BCUT2D eigenvalue weighted by molar-refractivity contribution is -0.112. The number of nitrogens with zero attached hydrogens (tertiary/aromatic N) is 3. The molecule has 0 spiro atoms. The van der Waals surface area contributed by atoms with Gasteiger partial charge in [-0.25, -0.2) is 4.98 Å². The fourth-order valence-corrected chi connectivity index (χ4v) is 2.35. The van der Waals surface area contributed by atoms with Crippen LogP contribution in [0.15, 0.2) is 48.9 Å². The molecule has 2 aromatic heterocycles. The van der Waals surface area contributed by atoms with Gasteiger partial charge in [0.2, 0.25) is 5.88 Å². The maximum atomic E-state index is 12.3. The average Bonchev–Trinajstić information content (AvgIpc) is 3.06. The standard InChI is InChI=1S/C19H18N4O3/c1-12-6-4-8-16(13(12)2)26-19-15(7-5-9-20-19)22-18(25)17(24)14-10-21-23(3)11-14/h4-11H,1-3H3,(H,22,25). The highest BCUT2D eigenvalue weighted by molar-refractivity contribution is 6.46. The van der Waals surface area contributed by atoms with Crippen LogP contribution >= 0.6 is 0 Å². The van der Waals surface area contributed by atoms with Crippen LogP contribution in [0.5, 0.6) is 11.6 Å². The molecule has 1 aromatic carbocycles. The zero-order valence-corrected chi connectivity index (χ0v) is 14.7. The lowest BCUT2D eigenvalue weighted by Gasteiger charge is -2.13. The van der Waals surface area contributed by atoms with Crippen molar-refractivity contribution in [2.45, 2.75) is 13.8 Å². The van der Waals surface area contributed by atoms with Crippen LogP contribution in [-0.2, 0) is 11.8 Å². The van der Waals surface area contributed by atoms with Gasteiger partial charge in [-0.05, 0) is 43.2 Å². The molecule has 0 atom stereocenters. The molecular weight excluding hydrogens is 332 g/mol. The molecule has 0 aliphatic carbocycles. The second-order valence-electron chi connectivity index (χ2n) is 5.84. The zero-order chi connectivity index (χ0) is 18.7. The van der Waals surface area contributed by atoms with E-state index in [1.807, 2.05) is 32.0 Å². The molecular formula is C19H18N4O3. The summed E-state index contributed by atoms with van der Waals surface area (Å²) in [6.07, 6.45) is 4.39. The molecule has 3 rings (SSSR count).